The molecular formula is C13H16ClNO4S. The van der Waals surface area contributed by atoms with Gasteiger partial charge in [0.15, 0.2) is 0 Å². The van der Waals surface area contributed by atoms with Gasteiger partial charge in [-0.15, -0.1) is 11.8 Å². The molecule has 0 aliphatic carbocycles. The van der Waals surface area contributed by atoms with Crippen molar-refractivity contribution < 1.29 is 19.8 Å². The number of nitrogens with one attached hydrogen (secondary N) is 1. The average molecular weight is 318 g/mol. The zero-order valence-electron chi connectivity index (χ0n) is 10.7. The van der Waals surface area contributed by atoms with Crippen molar-refractivity contribution in [1.29, 1.82) is 0 Å². The molecule has 0 radical (unpaired) electrons. The number of aliphatic carboxylic acids is 1. The molecule has 0 unspecified atom stereocenters. The quantitative estimate of drug-likeness (QED) is 0.636. The Morgan fingerprint density at radius 3 is 2.50 bits per heavy atom. The predicted octanol–water partition coefficient (Wildman–Crippen LogP) is 1.77. The summed E-state index contributed by atoms with van der Waals surface area (Å²) < 4.78 is 0. The molecule has 0 heterocycles. The van der Waals surface area contributed by atoms with Crippen LogP contribution in [0.25, 0.3) is 0 Å². The highest BCUT2D eigenvalue weighted by Gasteiger charge is 2.18. The Bertz CT molecular complexity index is 452. The van der Waals surface area contributed by atoms with E-state index in [0.717, 1.165) is 4.90 Å². The lowest BCUT2D eigenvalue weighted by molar-refractivity contribution is -0.142. The number of carboxylic acids is 1. The van der Waals surface area contributed by atoms with Gasteiger partial charge in [0.25, 0.3) is 0 Å². The maximum Gasteiger partial charge on any atom is 0.326 e. The molecule has 0 aliphatic rings. The van der Waals surface area contributed by atoms with E-state index in [1.807, 2.05) is 12.1 Å². The van der Waals surface area contributed by atoms with E-state index in [4.69, 9.17) is 21.8 Å². The average Bonchev–Trinajstić information content (AvgIpc) is 2.40. The minimum Gasteiger partial charge on any atom is -0.480 e. The van der Waals surface area contributed by atoms with E-state index in [0.29, 0.717) is 10.8 Å². The number of carboxylic acid groups (broad SMARTS) is 1. The Kier molecular flexibility index (Phi) is 7.43. The van der Waals surface area contributed by atoms with Crippen LogP contribution in [0.5, 0.6) is 0 Å². The number of hydrogen-bond donors (Lipinski definition) is 3. The van der Waals surface area contributed by atoms with Crippen LogP contribution in [0.15, 0.2) is 29.2 Å². The number of aliphatic hydroxyl groups excluding tert-OH is 1. The molecule has 0 spiro atoms. The highest BCUT2D eigenvalue weighted by Crippen LogP contribution is 2.20. The largest absolute Gasteiger partial charge is 0.480 e. The fourth-order valence-corrected chi connectivity index (χ4v) is 2.42. The van der Waals surface area contributed by atoms with Crippen LogP contribution in [-0.4, -0.2) is 40.5 Å². The second kappa shape index (κ2) is 8.84. The number of aliphatic hydroxyl groups is 1. The van der Waals surface area contributed by atoms with Crippen LogP contribution in [-0.2, 0) is 9.59 Å². The number of benzene rings is 1. The maximum absolute atomic E-state index is 11.6. The van der Waals surface area contributed by atoms with E-state index in [1.54, 1.807) is 12.1 Å². The van der Waals surface area contributed by atoms with E-state index >= 15 is 0 Å². The molecule has 0 fully saturated rings. The third-order valence-electron chi connectivity index (χ3n) is 2.46. The standard InChI is InChI=1S/C13H16ClNO4S/c14-9-1-3-10(4-2-9)20-8-6-12(17)15-11(5-7-16)13(18)19/h1-4,11,16H,5-8H2,(H,15,17)(H,18,19)/t11-/m0/s1. The highest BCUT2D eigenvalue weighted by molar-refractivity contribution is 7.99. The molecule has 5 nitrogen and oxygen atoms in total. The van der Waals surface area contributed by atoms with Crippen LogP contribution in [0, 0.1) is 0 Å². The van der Waals surface area contributed by atoms with Crippen molar-refractivity contribution >= 4 is 35.2 Å². The van der Waals surface area contributed by atoms with Crippen LogP contribution in [0.3, 0.4) is 0 Å². The van der Waals surface area contributed by atoms with Gasteiger partial charge < -0.3 is 15.5 Å². The van der Waals surface area contributed by atoms with Crippen molar-refractivity contribution in [1.82, 2.24) is 5.32 Å². The number of rotatable bonds is 8. The van der Waals surface area contributed by atoms with Gasteiger partial charge in [0, 0.05) is 35.1 Å². The number of halogens is 1. The Morgan fingerprint density at radius 1 is 1.30 bits per heavy atom. The zero-order chi connectivity index (χ0) is 15.0. The molecule has 0 bridgehead atoms. The Hall–Kier alpha value is -1.24. The number of carbonyl (C=O) groups excluding carboxylic acids is 1. The fourth-order valence-electron chi connectivity index (χ4n) is 1.45. The molecule has 0 aliphatic heterocycles. The van der Waals surface area contributed by atoms with Crippen molar-refractivity contribution in [2.24, 2.45) is 0 Å². The molecule has 1 aromatic rings. The summed E-state index contributed by atoms with van der Waals surface area (Å²) in [5, 5.41) is 20.6. The summed E-state index contributed by atoms with van der Waals surface area (Å²) in [5.74, 6) is -0.941. The summed E-state index contributed by atoms with van der Waals surface area (Å²) in [4.78, 5) is 23.4. The lowest BCUT2D eigenvalue weighted by Gasteiger charge is -2.12. The molecule has 0 saturated carbocycles. The van der Waals surface area contributed by atoms with Gasteiger partial charge in [-0.05, 0) is 24.3 Å². The first kappa shape index (κ1) is 16.8. The first-order valence-electron chi connectivity index (χ1n) is 6.04. The first-order chi connectivity index (χ1) is 9.52. The van der Waals surface area contributed by atoms with E-state index in [-0.39, 0.29) is 25.4 Å². The van der Waals surface area contributed by atoms with Gasteiger partial charge in [0.1, 0.15) is 6.04 Å². The number of carbonyl (C=O) groups is 2. The van der Waals surface area contributed by atoms with Gasteiger partial charge in [0.2, 0.25) is 5.91 Å². The van der Waals surface area contributed by atoms with Gasteiger partial charge in [-0.25, -0.2) is 4.79 Å². The normalized spacial score (nSPS) is 11.9. The van der Waals surface area contributed by atoms with E-state index in [9.17, 15) is 9.59 Å². The van der Waals surface area contributed by atoms with Crippen molar-refractivity contribution in [3.63, 3.8) is 0 Å². The number of thioether (sulfide) groups is 1. The lowest BCUT2D eigenvalue weighted by Crippen LogP contribution is -2.41. The zero-order valence-corrected chi connectivity index (χ0v) is 12.3. The molecule has 1 atom stereocenters. The third kappa shape index (κ3) is 6.27. The molecule has 7 heteroatoms. The summed E-state index contributed by atoms with van der Waals surface area (Å²) in [6.07, 6.45) is 0.216. The van der Waals surface area contributed by atoms with Gasteiger partial charge in [-0.1, -0.05) is 11.6 Å². The molecular weight excluding hydrogens is 302 g/mol. The Balaban J connectivity index is 2.32. The molecule has 1 rings (SSSR count). The fraction of sp³-hybridized carbons (Fsp3) is 0.385. The Morgan fingerprint density at radius 2 is 1.95 bits per heavy atom. The summed E-state index contributed by atoms with van der Waals surface area (Å²) in [5.41, 5.74) is 0. The molecule has 20 heavy (non-hydrogen) atoms. The molecule has 110 valence electrons. The smallest absolute Gasteiger partial charge is 0.326 e. The van der Waals surface area contributed by atoms with E-state index < -0.39 is 12.0 Å². The molecule has 0 saturated heterocycles. The topological polar surface area (TPSA) is 86.6 Å². The summed E-state index contributed by atoms with van der Waals surface area (Å²) in [6.45, 7) is -0.281. The van der Waals surface area contributed by atoms with Crippen molar-refractivity contribution in [2.45, 2.75) is 23.8 Å². The van der Waals surface area contributed by atoms with Gasteiger partial charge >= 0.3 is 5.97 Å². The predicted molar refractivity (Wildman–Crippen MR) is 78.1 cm³/mol. The van der Waals surface area contributed by atoms with Crippen LogP contribution >= 0.6 is 23.4 Å². The van der Waals surface area contributed by atoms with Crippen molar-refractivity contribution in [3.05, 3.63) is 29.3 Å². The van der Waals surface area contributed by atoms with Crippen LogP contribution in [0.1, 0.15) is 12.8 Å². The highest BCUT2D eigenvalue weighted by atomic mass is 35.5. The van der Waals surface area contributed by atoms with Gasteiger partial charge in [-0.3, -0.25) is 4.79 Å². The lowest BCUT2D eigenvalue weighted by atomic mass is 10.2. The molecule has 1 amide bonds. The van der Waals surface area contributed by atoms with E-state index in [1.165, 1.54) is 11.8 Å². The maximum atomic E-state index is 11.6. The molecule has 1 aromatic carbocycles. The van der Waals surface area contributed by atoms with Crippen molar-refractivity contribution in [2.75, 3.05) is 12.4 Å². The second-order valence-electron chi connectivity index (χ2n) is 4.02. The Labute approximate surface area is 126 Å². The van der Waals surface area contributed by atoms with Crippen LogP contribution in [0.4, 0.5) is 0 Å². The third-order valence-corrected chi connectivity index (χ3v) is 3.73. The van der Waals surface area contributed by atoms with Crippen molar-refractivity contribution in [3.8, 4) is 0 Å². The van der Waals surface area contributed by atoms with Gasteiger partial charge in [-0.2, -0.15) is 0 Å². The SMILES string of the molecule is O=C(CCSc1ccc(Cl)cc1)N[C@@H](CCO)C(=O)O. The summed E-state index contributed by atoms with van der Waals surface area (Å²) >= 11 is 7.25. The summed E-state index contributed by atoms with van der Waals surface area (Å²) in [6, 6.07) is 6.22. The van der Waals surface area contributed by atoms with Gasteiger partial charge in [0.05, 0.1) is 0 Å². The summed E-state index contributed by atoms with van der Waals surface area (Å²) in [7, 11) is 0. The van der Waals surface area contributed by atoms with E-state index in [2.05, 4.69) is 5.32 Å². The number of amides is 1. The minimum atomic E-state index is -1.14. The number of hydrogen-bond acceptors (Lipinski definition) is 4. The monoisotopic (exact) mass is 317 g/mol. The first-order valence-corrected chi connectivity index (χ1v) is 7.40. The molecule has 3 N–H and O–H groups in total. The van der Waals surface area contributed by atoms with Crippen LogP contribution in [0.2, 0.25) is 5.02 Å². The minimum absolute atomic E-state index is 0.00536. The second-order valence-corrected chi connectivity index (χ2v) is 5.63. The van der Waals surface area contributed by atoms with Crippen LogP contribution < -0.4 is 5.32 Å². The molecule has 0 aromatic heterocycles.